The van der Waals surface area contributed by atoms with Gasteiger partial charge in [0.15, 0.2) is 0 Å². The van der Waals surface area contributed by atoms with E-state index in [4.69, 9.17) is 23.6 Å². The van der Waals surface area contributed by atoms with E-state index in [2.05, 4.69) is 0 Å². The van der Waals surface area contributed by atoms with Crippen LogP contribution in [-0.2, 0) is 12.8 Å². The predicted molar refractivity (Wildman–Crippen MR) is 173 cm³/mol. The Labute approximate surface area is 263 Å². The molecule has 0 fully saturated rings. The Bertz CT molecular complexity index is 3040. The van der Waals surface area contributed by atoms with Gasteiger partial charge in [-0.15, -0.1) is 0 Å². The highest BCUT2D eigenvalue weighted by molar-refractivity contribution is 6.09. The number of rotatable bonds is 5. The molecule has 41 heavy (non-hydrogen) atoms. The lowest BCUT2D eigenvalue weighted by Gasteiger charge is -2.17. The topological polar surface area (TPSA) is 13.1 Å². The van der Waals surface area contributed by atoms with Gasteiger partial charge in [0.25, 0.3) is 0 Å². The largest absolute Gasteiger partial charge is 0.455 e. The standard InChI is InChI=1S/C40H28O/c1-2-12-27(13-3-1)25-37-31-16-4-6-18-33(31)38(34-19-7-5-17-32(34)37)26-28-14-10-15-29(24-28)30-21-11-22-36-35-20-8-9-23-39(35)41-40(30)36/h1-24H,25-26H2/i1D,2D,3D,4D,5D,6D,7D,10D,12D,13D,14D,15D,16D,17D,18D,19D,24D. The SMILES string of the molecule is [2H]c1c([2H])c([2H])c(Cc2c3c([2H])c([2H])c([2H])c([2H])c3c(Cc3c([2H])c([2H])c([2H])c(-c4cccc5c4oc4ccccc45)c3[2H])c3c([2H])c([2H])c([2H])c([2H])c23)c([2H])c1[2H]. The molecule has 194 valence electrons. The average molecular weight is 542 g/mol. The number of para-hydroxylation sites is 2. The van der Waals surface area contributed by atoms with E-state index in [1.54, 1.807) is 24.3 Å². The summed E-state index contributed by atoms with van der Waals surface area (Å²) in [4.78, 5) is 0. The maximum absolute atomic E-state index is 9.52. The first-order valence-corrected chi connectivity index (χ1v) is 12.9. The van der Waals surface area contributed by atoms with Crippen molar-refractivity contribution in [2.75, 3.05) is 0 Å². The van der Waals surface area contributed by atoms with Crippen LogP contribution in [0.1, 0.15) is 45.6 Å². The number of hydrogen-bond acceptors (Lipinski definition) is 1. The van der Waals surface area contributed by atoms with Crippen LogP contribution in [0.3, 0.4) is 0 Å². The van der Waals surface area contributed by atoms with E-state index in [-0.39, 0.29) is 61.0 Å². The van der Waals surface area contributed by atoms with Gasteiger partial charge < -0.3 is 4.42 Å². The normalized spacial score (nSPS) is 17.4. The molecule has 0 radical (unpaired) electrons. The summed E-state index contributed by atoms with van der Waals surface area (Å²) in [6.07, 6.45) is -1.17. The molecule has 0 atom stereocenters. The van der Waals surface area contributed by atoms with Crippen molar-refractivity contribution >= 4 is 43.5 Å². The summed E-state index contributed by atoms with van der Waals surface area (Å²) in [5.41, 5.74) is 0.356. The lowest BCUT2D eigenvalue weighted by Crippen LogP contribution is -1.98. The maximum Gasteiger partial charge on any atom is 0.143 e. The van der Waals surface area contributed by atoms with Gasteiger partial charge >= 0.3 is 0 Å². The minimum absolute atomic E-state index is 0.0594. The van der Waals surface area contributed by atoms with Gasteiger partial charge in [-0.3, -0.25) is 0 Å². The van der Waals surface area contributed by atoms with E-state index >= 15 is 0 Å². The Morgan fingerprint density at radius 3 is 1.78 bits per heavy atom. The zero-order valence-corrected chi connectivity index (χ0v) is 21.4. The summed E-state index contributed by atoms with van der Waals surface area (Å²) in [5, 5.41) is 0.455. The lowest BCUT2D eigenvalue weighted by atomic mass is 9.86. The van der Waals surface area contributed by atoms with Gasteiger partial charge in [-0.2, -0.15) is 0 Å². The van der Waals surface area contributed by atoms with E-state index in [1.165, 1.54) is 0 Å². The summed E-state index contributed by atoms with van der Waals surface area (Å²) in [7, 11) is 0. The molecular formula is C40H28O. The van der Waals surface area contributed by atoms with Crippen LogP contribution in [0, 0.1) is 0 Å². The zero-order chi connectivity index (χ0) is 42.0. The lowest BCUT2D eigenvalue weighted by molar-refractivity contribution is 0.670. The third-order valence-corrected chi connectivity index (χ3v) is 7.19. The molecule has 0 aliphatic rings. The van der Waals surface area contributed by atoms with E-state index in [0.29, 0.717) is 16.6 Å². The molecule has 0 aliphatic carbocycles. The summed E-state index contributed by atoms with van der Waals surface area (Å²) >= 11 is 0. The molecule has 1 aromatic heterocycles. The van der Waals surface area contributed by atoms with Gasteiger partial charge in [0.05, 0.1) is 23.3 Å². The third kappa shape index (κ3) is 4.10. The smallest absolute Gasteiger partial charge is 0.143 e. The highest BCUT2D eigenvalue weighted by Gasteiger charge is 2.16. The first-order chi connectivity index (χ1) is 27.4. The average Bonchev–Trinajstić information content (AvgIpc) is 3.60. The van der Waals surface area contributed by atoms with Crippen molar-refractivity contribution in [2.24, 2.45) is 0 Å². The summed E-state index contributed by atoms with van der Waals surface area (Å²) in [5.74, 6) is 0. The van der Waals surface area contributed by atoms with E-state index in [1.807, 2.05) is 18.2 Å². The van der Waals surface area contributed by atoms with Gasteiger partial charge in [0.1, 0.15) is 11.2 Å². The van der Waals surface area contributed by atoms with Crippen molar-refractivity contribution in [1.82, 2.24) is 0 Å². The second-order valence-corrected chi connectivity index (χ2v) is 9.55. The highest BCUT2D eigenvalue weighted by atomic mass is 16.3. The minimum atomic E-state index is -0.707. The quantitative estimate of drug-likeness (QED) is 0.198. The monoisotopic (exact) mass is 541 g/mol. The Kier molecular flexibility index (Phi) is 2.91. The molecular weight excluding hydrogens is 496 g/mol. The van der Waals surface area contributed by atoms with Gasteiger partial charge in [-0.05, 0) is 68.3 Å². The van der Waals surface area contributed by atoms with Crippen LogP contribution in [-0.4, -0.2) is 0 Å². The molecule has 0 spiro atoms. The molecule has 0 unspecified atom stereocenters. The summed E-state index contributed by atoms with van der Waals surface area (Å²) in [6.45, 7) is 0. The van der Waals surface area contributed by atoms with Crippen LogP contribution in [0.4, 0.5) is 0 Å². The molecule has 0 bridgehead atoms. The van der Waals surface area contributed by atoms with Gasteiger partial charge in [0.2, 0.25) is 0 Å². The Hall–Kier alpha value is -5.14. The predicted octanol–water partition coefficient (Wildman–Crippen LogP) is 10.7. The van der Waals surface area contributed by atoms with E-state index < -0.39 is 110 Å². The van der Waals surface area contributed by atoms with Crippen LogP contribution >= 0.6 is 0 Å². The second-order valence-electron chi connectivity index (χ2n) is 9.55. The van der Waals surface area contributed by atoms with Crippen LogP contribution in [0.2, 0.25) is 0 Å². The van der Waals surface area contributed by atoms with Crippen LogP contribution in [0.5, 0.6) is 0 Å². The molecule has 0 amide bonds. The molecule has 8 aromatic rings. The minimum Gasteiger partial charge on any atom is -0.455 e. The van der Waals surface area contributed by atoms with Crippen molar-refractivity contribution in [1.29, 1.82) is 0 Å². The number of fused-ring (bicyclic) bond motifs is 5. The fourth-order valence-electron chi connectivity index (χ4n) is 5.40. The van der Waals surface area contributed by atoms with Crippen molar-refractivity contribution in [3.8, 4) is 11.1 Å². The summed E-state index contributed by atoms with van der Waals surface area (Å²) in [6, 6.07) is 1.84. The third-order valence-electron chi connectivity index (χ3n) is 7.19. The molecule has 8 rings (SSSR count). The fraction of sp³-hybridized carbons (Fsp3) is 0.0500. The molecule has 0 N–H and O–H groups in total. The Balaban J connectivity index is 1.52. The van der Waals surface area contributed by atoms with Gasteiger partial charge in [0, 0.05) is 16.3 Å². The highest BCUT2D eigenvalue weighted by Crippen LogP contribution is 2.38. The second kappa shape index (κ2) is 9.80. The van der Waals surface area contributed by atoms with E-state index in [0.717, 1.165) is 5.39 Å². The molecule has 1 nitrogen and oxygen atoms in total. The number of hydrogen-bond donors (Lipinski definition) is 0. The van der Waals surface area contributed by atoms with Crippen molar-refractivity contribution in [3.63, 3.8) is 0 Å². The van der Waals surface area contributed by atoms with Gasteiger partial charge in [-0.1, -0.05) is 139 Å². The first-order valence-electron chi connectivity index (χ1n) is 21.4. The number of furan rings is 1. The molecule has 0 aliphatic heterocycles. The van der Waals surface area contributed by atoms with Crippen molar-refractivity contribution in [2.45, 2.75) is 12.8 Å². The van der Waals surface area contributed by atoms with Crippen molar-refractivity contribution in [3.05, 3.63) is 167 Å². The number of benzene rings is 7. The molecule has 1 heteroatoms. The zero-order valence-electron chi connectivity index (χ0n) is 38.4. The van der Waals surface area contributed by atoms with Crippen LogP contribution in [0.15, 0.2) is 150 Å². The molecule has 0 saturated heterocycles. The maximum atomic E-state index is 9.52. The molecule has 0 saturated carbocycles. The molecule has 7 aromatic carbocycles. The van der Waals surface area contributed by atoms with Crippen molar-refractivity contribution < 1.29 is 27.7 Å². The van der Waals surface area contributed by atoms with E-state index in [9.17, 15) is 4.11 Å². The molecule has 1 heterocycles. The first kappa shape index (κ1) is 12.2. The summed E-state index contributed by atoms with van der Waals surface area (Å²) < 4.78 is 156. The Morgan fingerprint density at radius 1 is 0.488 bits per heavy atom. The van der Waals surface area contributed by atoms with Gasteiger partial charge in [-0.25, -0.2) is 0 Å². The van der Waals surface area contributed by atoms with Crippen LogP contribution < -0.4 is 0 Å². The Morgan fingerprint density at radius 2 is 1.07 bits per heavy atom. The van der Waals surface area contributed by atoms with Crippen LogP contribution in [0.25, 0.3) is 54.6 Å². The fourth-order valence-corrected chi connectivity index (χ4v) is 5.40.